The SMILES string of the molecule is C=Cc1ccc(CNCCCCCCCCCCCC(C)C)cc1. The van der Waals surface area contributed by atoms with E-state index in [9.17, 15) is 0 Å². The third kappa shape index (κ3) is 11.5. The molecule has 1 N–H and O–H groups in total. The smallest absolute Gasteiger partial charge is 0.0205 e. The second kappa shape index (κ2) is 14.3. The topological polar surface area (TPSA) is 12.0 Å². The van der Waals surface area contributed by atoms with Crippen LogP contribution in [0.4, 0.5) is 0 Å². The summed E-state index contributed by atoms with van der Waals surface area (Å²) in [5, 5.41) is 3.55. The van der Waals surface area contributed by atoms with Crippen molar-refractivity contribution in [3.05, 3.63) is 42.0 Å². The highest BCUT2D eigenvalue weighted by Crippen LogP contribution is 2.13. The van der Waals surface area contributed by atoms with Crippen LogP contribution >= 0.6 is 0 Å². The summed E-state index contributed by atoms with van der Waals surface area (Å²) >= 11 is 0. The van der Waals surface area contributed by atoms with E-state index in [2.05, 4.69) is 50.0 Å². The fraction of sp³-hybridized carbons (Fsp3) is 0.652. The Morgan fingerprint density at radius 3 is 1.92 bits per heavy atom. The van der Waals surface area contributed by atoms with Crippen LogP contribution in [0.25, 0.3) is 6.08 Å². The van der Waals surface area contributed by atoms with Gasteiger partial charge in [-0.3, -0.25) is 0 Å². The number of nitrogens with one attached hydrogen (secondary N) is 1. The van der Waals surface area contributed by atoms with Crippen molar-refractivity contribution in [2.24, 2.45) is 5.92 Å². The van der Waals surface area contributed by atoms with E-state index in [-0.39, 0.29) is 0 Å². The van der Waals surface area contributed by atoms with Gasteiger partial charge in [0, 0.05) is 6.54 Å². The van der Waals surface area contributed by atoms with Gasteiger partial charge < -0.3 is 5.32 Å². The average Bonchev–Trinajstić information content (AvgIpc) is 2.59. The summed E-state index contributed by atoms with van der Waals surface area (Å²) in [4.78, 5) is 0. The van der Waals surface area contributed by atoms with Crippen LogP contribution in [0.3, 0.4) is 0 Å². The molecule has 24 heavy (non-hydrogen) atoms. The van der Waals surface area contributed by atoms with Crippen LogP contribution in [-0.2, 0) is 6.54 Å². The Kier molecular flexibility index (Phi) is 12.5. The van der Waals surface area contributed by atoms with Crippen molar-refractivity contribution in [2.45, 2.75) is 84.6 Å². The van der Waals surface area contributed by atoms with Gasteiger partial charge in [0.15, 0.2) is 0 Å². The maximum absolute atomic E-state index is 3.79. The maximum Gasteiger partial charge on any atom is 0.0205 e. The Hall–Kier alpha value is -1.08. The highest BCUT2D eigenvalue weighted by Gasteiger charge is 1.96. The predicted molar refractivity (Wildman–Crippen MR) is 109 cm³/mol. The van der Waals surface area contributed by atoms with Gasteiger partial charge in [0.2, 0.25) is 0 Å². The molecule has 1 aromatic carbocycles. The number of benzene rings is 1. The van der Waals surface area contributed by atoms with E-state index in [0.717, 1.165) is 19.0 Å². The molecule has 0 aliphatic carbocycles. The normalized spacial score (nSPS) is 11.1. The van der Waals surface area contributed by atoms with E-state index in [1.165, 1.54) is 75.3 Å². The Bertz CT molecular complexity index is 405. The van der Waals surface area contributed by atoms with Crippen LogP contribution in [0.5, 0.6) is 0 Å². The van der Waals surface area contributed by atoms with Crippen molar-refractivity contribution in [1.82, 2.24) is 5.32 Å². The van der Waals surface area contributed by atoms with Crippen LogP contribution in [-0.4, -0.2) is 6.54 Å². The molecular formula is C23H39N. The van der Waals surface area contributed by atoms with E-state index in [1.807, 2.05) is 6.08 Å². The van der Waals surface area contributed by atoms with E-state index < -0.39 is 0 Å². The summed E-state index contributed by atoms with van der Waals surface area (Å²) in [5.74, 6) is 0.880. The Balaban J connectivity index is 1.82. The second-order valence-corrected chi connectivity index (χ2v) is 7.49. The lowest BCUT2D eigenvalue weighted by Crippen LogP contribution is -2.14. The molecule has 0 aliphatic heterocycles. The van der Waals surface area contributed by atoms with Gasteiger partial charge >= 0.3 is 0 Å². The third-order valence-electron chi connectivity index (χ3n) is 4.68. The molecule has 0 unspecified atom stereocenters. The molecule has 0 bridgehead atoms. The lowest BCUT2D eigenvalue weighted by atomic mass is 10.0. The first kappa shape index (κ1) is 21.0. The molecule has 0 atom stereocenters. The highest BCUT2D eigenvalue weighted by molar-refractivity contribution is 5.47. The summed E-state index contributed by atoms with van der Waals surface area (Å²) in [6.07, 6.45) is 16.0. The molecule has 0 radical (unpaired) electrons. The van der Waals surface area contributed by atoms with Gasteiger partial charge in [-0.1, -0.05) is 109 Å². The van der Waals surface area contributed by atoms with Crippen LogP contribution in [0, 0.1) is 5.92 Å². The molecule has 0 heterocycles. The fourth-order valence-electron chi connectivity index (χ4n) is 3.04. The summed E-state index contributed by atoms with van der Waals surface area (Å²) in [6, 6.07) is 8.63. The van der Waals surface area contributed by atoms with Gasteiger partial charge in [-0.25, -0.2) is 0 Å². The van der Waals surface area contributed by atoms with Crippen molar-refractivity contribution >= 4 is 6.08 Å². The Morgan fingerprint density at radius 1 is 0.833 bits per heavy atom. The number of rotatable bonds is 15. The third-order valence-corrected chi connectivity index (χ3v) is 4.68. The van der Waals surface area contributed by atoms with E-state index in [0.29, 0.717) is 0 Å². The zero-order valence-electron chi connectivity index (χ0n) is 16.2. The molecule has 1 heteroatoms. The maximum atomic E-state index is 3.79. The van der Waals surface area contributed by atoms with Crippen molar-refractivity contribution in [3.63, 3.8) is 0 Å². The van der Waals surface area contributed by atoms with Crippen LogP contribution in [0.1, 0.15) is 89.2 Å². The summed E-state index contributed by atoms with van der Waals surface area (Å²) in [7, 11) is 0. The van der Waals surface area contributed by atoms with Crippen molar-refractivity contribution in [1.29, 1.82) is 0 Å². The zero-order chi connectivity index (χ0) is 17.5. The first-order valence-corrected chi connectivity index (χ1v) is 10.1. The highest BCUT2D eigenvalue weighted by atomic mass is 14.8. The minimum atomic E-state index is 0.880. The first-order chi connectivity index (χ1) is 11.7. The number of unbranched alkanes of at least 4 members (excludes halogenated alkanes) is 8. The van der Waals surface area contributed by atoms with Gasteiger partial charge in [-0.05, 0) is 30.0 Å². The van der Waals surface area contributed by atoms with E-state index in [1.54, 1.807) is 0 Å². The molecule has 1 nitrogen and oxygen atoms in total. The average molecular weight is 330 g/mol. The van der Waals surface area contributed by atoms with E-state index >= 15 is 0 Å². The van der Waals surface area contributed by atoms with Gasteiger partial charge in [-0.2, -0.15) is 0 Å². The molecule has 1 rings (SSSR count). The zero-order valence-corrected chi connectivity index (χ0v) is 16.2. The number of hydrogen-bond acceptors (Lipinski definition) is 1. The quantitative estimate of drug-likeness (QED) is 0.342. The first-order valence-electron chi connectivity index (χ1n) is 10.1. The lowest BCUT2D eigenvalue weighted by molar-refractivity contribution is 0.504. The van der Waals surface area contributed by atoms with Gasteiger partial charge in [-0.15, -0.1) is 0 Å². The molecule has 0 amide bonds. The van der Waals surface area contributed by atoms with E-state index in [4.69, 9.17) is 0 Å². The molecular weight excluding hydrogens is 290 g/mol. The molecule has 0 saturated heterocycles. The van der Waals surface area contributed by atoms with Crippen molar-refractivity contribution in [2.75, 3.05) is 6.54 Å². The minimum Gasteiger partial charge on any atom is -0.313 e. The summed E-state index contributed by atoms with van der Waals surface area (Å²) in [6.45, 7) is 10.6. The van der Waals surface area contributed by atoms with Crippen molar-refractivity contribution < 1.29 is 0 Å². The standard InChI is InChI=1S/C23H39N/c1-4-22-15-17-23(18-16-22)20-24-19-13-11-9-7-5-6-8-10-12-14-21(2)3/h4,15-18,21,24H,1,5-14,19-20H2,2-3H3. The van der Waals surface area contributed by atoms with Gasteiger partial charge in [0.05, 0.1) is 0 Å². The van der Waals surface area contributed by atoms with Crippen LogP contribution < -0.4 is 5.32 Å². The summed E-state index contributed by atoms with van der Waals surface area (Å²) < 4.78 is 0. The molecule has 0 saturated carbocycles. The molecule has 136 valence electrons. The van der Waals surface area contributed by atoms with Crippen LogP contribution in [0.15, 0.2) is 30.8 Å². The number of hydrogen-bond donors (Lipinski definition) is 1. The second-order valence-electron chi connectivity index (χ2n) is 7.49. The molecule has 0 spiro atoms. The minimum absolute atomic E-state index is 0.880. The molecule has 0 aromatic heterocycles. The van der Waals surface area contributed by atoms with Crippen LogP contribution in [0.2, 0.25) is 0 Å². The Morgan fingerprint density at radius 2 is 1.38 bits per heavy atom. The monoisotopic (exact) mass is 329 g/mol. The molecule has 0 fully saturated rings. The Labute approximate surface area is 150 Å². The summed E-state index contributed by atoms with van der Waals surface area (Å²) in [5.41, 5.74) is 2.55. The predicted octanol–water partition coefficient (Wildman–Crippen LogP) is 6.98. The molecule has 1 aromatic rings. The van der Waals surface area contributed by atoms with Gasteiger partial charge in [0.25, 0.3) is 0 Å². The largest absolute Gasteiger partial charge is 0.313 e. The lowest BCUT2D eigenvalue weighted by Gasteiger charge is -2.06. The van der Waals surface area contributed by atoms with Crippen molar-refractivity contribution in [3.8, 4) is 0 Å². The molecule has 0 aliphatic rings. The van der Waals surface area contributed by atoms with Gasteiger partial charge in [0.1, 0.15) is 0 Å². The fourth-order valence-corrected chi connectivity index (χ4v) is 3.04.